The minimum absolute atomic E-state index is 0.271. The molecule has 1 atom stereocenters. The summed E-state index contributed by atoms with van der Waals surface area (Å²) in [6.45, 7) is 3.80. The van der Waals surface area contributed by atoms with Gasteiger partial charge in [-0.3, -0.25) is 0 Å². The van der Waals surface area contributed by atoms with Crippen molar-refractivity contribution >= 4 is 11.3 Å². The lowest BCUT2D eigenvalue weighted by Gasteiger charge is -2.12. The smallest absolute Gasteiger partial charge is 0.131 e. The van der Waals surface area contributed by atoms with Crippen molar-refractivity contribution < 1.29 is 14.2 Å². The maximum Gasteiger partial charge on any atom is 0.131 e. The van der Waals surface area contributed by atoms with Crippen molar-refractivity contribution in [3.8, 4) is 5.75 Å². The molecule has 1 N–H and O–H groups in total. The number of aliphatic hydroxyl groups is 1. The van der Waals surface area contributed by atoms with E-state index in [1.165, 1.54) is 29.5 Å². The van der Waals surface area contributed by atoms with Gasteiger partial charge in [0.2, 0.25) is 0 Å². The molecule has 1 heterocycles. The van der Waals surface area contributed by atoms with Gasteiger partial charge in [-0.15, -0.1) is 11.3 Å². The van der Waals surface area contributed by atoms with Crippen LogP contribution in [0.2, 0.25) is 0 Å². The van der Waals surface area contributed by atoms with Gasteiger partial charge in [-0.1, -0.05) is 0 Å². The number of nitrogens with zero attached hydrogens (tertiary/aromatic N) is 1. The summed E-state index contributed by atoms with van der Waals surface area (Å²) in [5, 5.41) is 12.4. The third-order valence-corrected chi connectivity index (χ3v) is 3.29. The van der Waals surface area contributed by atoms with Crippen molar-refractivity contribution in [2.75, 3.05) is 0 Å². The number of hydrogen-bond donors (Lipinski definition) is 1. The highest BCUT2D eigenvalue weighted by atomic mass is 32.1. The predicted octanol–water partition coefficient (Wildman–Crippen LogP) is 3.22. The summed E-state index contributed by atoms with van der Waals surface area (Å²) in [7, 11) is 0. The van der Waals surface area contributed by atoms with Gasteiger partial charge in [-0.25, -0.2) is 9.37 Å². The Labute approximate surface area is 109 Å². The van der Waals surface area contributed by atoms with Crippen LogP contribution in [0.5, 0.6) is 5.75 Å². The maximum absolute atomic E-state index is 13.2. The zero-order valence-electron chi connectivity index (χ0n) is 10.2. The van der Waals surface area contributed by atoms with Crippen molar-refractivity contribution in [3.63, 3.8) is 0 Å². The van der Waals surface area contributed by atoms with Crippen LogP contribution < -0.4 is 4.74 Å². The number of aliphatic hydroxyl groups excluding tert-OH is 1. The lowest BCUT2D eigenvalue weighted by Crippen LogP contribution is -2.02. The van der Waals surface area contributed by atoms with E-state index in [0.717, 1.165) is 10.7 Å². The number of ether oxygens (including phenoxy) is 1. The first kappa shape index (κ1) is 13.0. The lowest BCUT2D eigenvalue weighted by atomic mass is 10.1. The van der Waals surface area contributed by atoms with Crippen LogP contribution in [0.4, 0.5) is 4.39 Å². The number of thiazole rings is 1. The maximum atomic E-state index is 13.2. The second-order valence-electron chi connectivity index (χ2n) is 4.00. The van der Waals surface area contributed by atoms with Gasteiger partial charge >= 0.3 is 0 Å². The summed E-state index contributed by atoms with van der Waals surface area (Å²) in [6, 6.07) is 4.12. The second-order valence-corrected chi connectivity index (χ2v) is 5.07. The normalized spacial score (nSPS) is 12.4. The van der Waals surface area contributed by atoms with Crippen LogP contribution in [0.3, 0.4) is 0 Å². The van der Waals surface area contributed by atoms with Crippen molar-refractivity contribution in [2.24, 2.45) is 0 Å². The highest BCUT2D eigenvalue weighted by molar-refractivity contribution is 7.09. The van der Waals surface area contributed by atoms with Gasteiger partial charge in [0.05, 0.1) is 16.8 Å². The summed E-state index contributed by atoms with van der Waals surface area (Å²) in [6.07, 6.45) is -0.697. The molecule has 2 aromatic rings. The van der Waals surface area contributed by atoms with Crippen LogP contribution in [-0.2, 0) is 6.61 Å². The van der Waals surface area contributed by atoms with Gasteiger partial charge in [0.1, 0.15) is 18.2 Å². The molecule has 1 aromatic heterocycles. The molecule has 0 saturated heterocycles. The largest absolute Gasteiger partial charge is 0.487 e. The lowest BCUT2D eigenvalue weighted by molar-refractivity contribution is 0.189. The molecule has 0 bridgehead atoms. The molecule has 0 unspecified atom stereocenters. The molecule has 0 aliphatic rings. The van der Waals surface area contributed by atoms with Crippen LogP contribution in [0.1, 0.15) is 29.3 Å². The average molecular weight is 267 g/mol. The fourth-order valence-electron chi connectivity index (χ4n) is 1.60. The molecule has 2 rings (SSSR count). The van der Waals surface area contributed by atoms with E-state index in [1.807, 2.05) is 12.3 Å². The van der Waals surface area contributed by atoms with Crippen LogP contribution >= 0.6 is 11.3 Å². The quantitative estimate of drug-likeness (QED) is 0.924. The summed E-state index contributed by atoms with van der Waals surface area (Å²) in [5.74, 6) is -0.0282. The van der Waals surface area contributed by atoms with Gasteiger partial charge in [0.15, 0.2) is 0 Å². The fourth-order valence-corrected chi connectivity index (χ4v) is 2.20. The average Bonchev–Trinajstić information content (AvgIpc) is 2.72. The minimum Gasteiger partial charge on any atom is -0.487 e. The third kappa shape index (κ3) is 3.05. The Morgan fingerprint density at radius 3 is 2.89 bits per heavy atom. The molecule has 1 aromatic carbocycles. The van der Waals surface area contributed by atoms with E-state index in [1.54, 1.807) is 6.92 Å². The van der Waals surface area contributed by atoms with E-state index in [-0.39, 0.29) is 12.4 Å². The summed E-state index contributed by atoms with van der Waals surface area (Å²) in [4.78, 5) is 4.26. The first-order valence-electron chi connectivity index (χ1n) is 5.57. The first-order chi connectivity index (χ1) is 8.56. The van der Waals surface area contributed by atoms with Gasteiger partial charge in [-0.2, -0.15) is 0 Å². The minimum atomic E-state index is -0.697. The third-order valence-electron chi connectivity index (χ3n) is 2.47. The Morgan fingerprint density at radius 2 is 2.28 bits per heavy atom. The molecule has 96 valence electrons. The molecule has 3 nitrogen and oxygen atoms in total. The van der Waals surface area contributed by atoms with E-state index < -0.39 is 6.10 Å². The van der Waals surface area contributed by atoms with Gasteiger partial charge in [-0.05, 0) is 26.0 Å². The fraction of sp³-hybridized carbons (Fsp3) is 0.308. The SMILES string of the molecule is Cc1nc(COc2cc(F)ccc2[C@H](C)O)cs1. The van der Waals surface area contributed by atoms with Crippen molar-refractivity contribution in [1.82, 2.24) is 4.98 Å². The van der Waals surface area contributed by atoms with Crippen LogP contribution in [0.15, 0.2) is 23.6 Å². The zero-order valence-corrected chi connectivity index (χ0v) is 11.0. The molecule has 0 fully saturated rings. The molecule has 0 amide bonds. The molecule has 5 heteroatoms. The monoisotopic (exact) mass is 267 g/mol. The molecule has 0 saturated carbocycles. The van der Waals surface area contributed by atoms with Crippen molar-refractivity contribution in [3.05, 3.63) is 45.7 Å². The molecule has 0 aliphatic carbocycles. The van der Waals surface area contributed by atoms with Crippen molar-refractivity contribution in [1.29, 1.82) is 0 Å². The number of rotatable bonds is 4. The Hall–Kier alpha value is -1.46. The van der Waals surface area contributed by atoms with E-state index in [9.17, 15) is 9.50 Å². The van der Waals surface area contributed by atoms with Crippen LogP contribution in [0, 0.1) is 12.7 Å². The van der Waals surface area contributed by atoms with Gasteiger partial charge < -0.3 is 9.84 Å². The Kier molecular flexibility index (Phi) is 3.93. The molecular formula is C13H14FNO2S. The zero-order chi connectivity index (χ0) is 13.1. The van der Waals surface area contributed by atoms with E-state index in [2.05, 4.69) is 4.98 Å². The van der Waals surface area contributed by atoms with Gasteiger partial charge in [0, 0.05) is 17.0 Å². The van der Waals surface area contributed by atoms with Crippen molar-refractivity contribution in [2.45, 2.75) is 26.6 Å². The first-order valence-corrected chi connectivity index (χ1v) is 6.45. The number of halogens is 1. The van der Waals surface area contributed by atoms with E-state index in [0.29, 0.717) is 11.3 Å². The highest BCUT2D eigenvalue weighted by Crippen LogP contribution is 2.26. The molecule has 0 spiro atoms. The number of hydrogen-bond acceptors (Lipinski definition) is 4. The molecular weight excluding hydrogens is 253 g/mol. The Bertz CT molecular complexity index is 540. The number of aromatic nitrogens is 1. The summed E-state index contributed by atoms with van der Waals surface area (Å²) >= 11 is 1.54. The summed E-state index contributed by atoms with van der Waals surface area (Å²) < 4.78 is 18.7. The van der Waals surface area contributed by atoms with E-state index in [4.69, 9.17) is 4.74 Å². The second kappa shape index (κ2) is 5.46. The topological polar surface area (TPSA) is 42.4 Å². The van der Waals surface area contributed by atoms with Crippen LogP contribution in [0.25, 0.3) is 0 Å². The molecule has 18 heavy (non-hydrogen) atoms. The number of aryl methyl sites for hydroxylation is 1. The van der Waals surface area contributed by atoms with E-state index >= 15 is 0 Å². The molecule has 0 aliphatic heterocycles. The summed E-state index contributed by atoms with van der Waals surface area (Å²) in [5.41, 5.74) is 1.38. The molecule has 0 radical (unpaired) electrons. The van der Waals surface area contributed by atoms with Gasteiger partial charge in [0.25, 0.3) is 0 Å². The predicted molar refractivity (Wildman–Crippen MR) is 68.2 cm³/mol. The highest BCUT2D eigenvalue weighted by Gasteiger charge is 2.11. The number of benzene rings is 1. The Balaban J connectivity index is 2.15. The standard InChI is InChI=1S/C13H14FNO2S/c1-8(16)12-4-3-10(14)5-13(12)17-6-11-7-18-9(2)15-11/h3-5,7-8,16H,6H2,1-2H3/t8-/m0/s1. The Morgan fingerprint density at radius 1 is 1.50 bits per heavy atom. The van der Waals surface area contributed by atoms with Crippen LogP contribution in [-0.4, -0.2) is 10.1 Å².